The normalized spacial score (nSPS) is 12.3. The van der Waals surface area contributed by atoms with Gasteiger partial charge in [0.05, 0.1) is 17.9 Å². The average Bonchev–Trinajstić information content (AvgIpc) is 2.98. The van der Waals surface area contributed by atoms with Gasteiger partial charge in [0.2, 0.25) is 0 Å². The molecule has 0 bridgehead atoms. The lowest BCUT2D eigenvalue weighted by Crippen LogP contribution is -2.28. The number of ether oxygens (including phenoxy) is 2. The Labute approximate surface area is 242 Å². The molecule has 7 heteroatoms. The summed E-state index contributed by atoms with van der Waals surface area (Å²) in [6, 6.07) is 20.0. The Bertz CT molecular complexity index is 1160. The molecule has 0 amide bonds. The zero-order chi connectivity index (χ0) is 29.5. The van der Waals surface area contributed by atoms with Crippen LogP contribution in [0.4, 0.5) is 13.2 Å². The van der Waals surface area contributed by atoms with E-state index in [0.717, 1.165) is 55.0 Å². The quantitative estimate of drug-likeness (QED) is 0.120. The maximum absolute atomic E-state index is 12.4. The van der Waals surface area contributed by atoms with Gasteiger partial charge in [-0.1, -0.05) is 87.9 Å². The third kappa shape index (κ3) is 11.3. The van der Waals surface area contributed by atoms with Crippen LogP contribution in [0.5, 0.6) is 0 Å². The molecule has 0 spiro atoms. The van der Waals surface area contributed by atoms with E-state index in [4.69, 9.17) is 9.47 Å². The van der Waals surface area contributed by atoms with Crippen molar-refractivity contribution in [2.45, 2.75) is 90.3 Å². The number of nitrogens with zero attached hydrogens (tertiary/aromatic N) is 1. The number of alkyl halides is 3. The van der Waals surface area contributed by atoms with Gasteiger partial charge in [-0.3, -0.25) is 4.98 Å². The lowest BCUT2D eigenvalue weighted by molar-refractivity contribution is -0.214. The minimum Gasteiger partial charge on any atom is -0.462 e. The second-order valence-corrected chi connectivity index (χ2v) is 10.5. The second kappa shape index (κ2) is 16.9. The summed E-state index contributed by atoms with van der Waals surface area (Å²) in [5, 5.41) is 0. The van der Waals surface area contributed by atoms with Gasteiger partial charge in [0, 0.05) is 23.9 Å². The standard InChI is InChI=1S/C34H42F3NO3/c1-3-4-5-9-12-27-13-15-29(16-14-27)32-22-21-31(25-38-32)28-17-19-30(20-18-28)33(39)41-24-11-8-6-7-10-23-40-26(2)34(35,36)37/h13-22,25-26H,3-12,23-24H2,1-2H3. The minimum absolute atomic E-state index is 0.0962. The maximum Gasteiger partial charge on any atom is 0.414 e. The number of benzene rings is 2. The van der Waals surface area contributed by atoms with E-state index >= 15 is 0 Å². The molecular weight excluding hydrogens is 527 g/mol. The Morgan fingerprint density at radius 3 is 2.00 bits per heavy atom. The number of carbonyl (C=O) groups is 1. The van der Waals surface area contributed by atoms with Crippen molar-refractivity contribution in [3.05, 3.63) is 78.0 Å². The van der Waals surface area contributed by atoms with Crippen LogP contribution in [0.3, 0.4) is 0 Å². The molecule has 3 rings (SSSR count). The summed E-state index contributed by atoms with van der Waals surface area (Å²) >= 11 is 0. The number of aromatic nitrogens is 1. The van der Waals surface area contributed by atoms with Crippen molar-refractivity contribution >= 4 is 5.97 Å². The molecule has 0 aliphatic heterocycles. The molecule has 0 aliphatic carbocycles. The summed E-state index contributed by atoms with van der Waals surface area (Å²) < 4.78 is 47.4. The largest absolute Gasteiger partial charge is 0.462 e. The highest BCUT2D eigenvalue weighted by atomic mass is 19.4. The first-order valence-electron chi connectivity index (χ1n) is 14.8. The Balaban J connectivity index is 1.36. The van der Waals surface area contributed by atoms with Crippen molar-refractivity contribution in [1.29, 1.82) is 0 Å². The van der Waals surface area contributed by atoms with E-state index in [1.807, 2.05) is 30.5 Å². The fourth-order valence-electron chi connectivity index (χ4n) is 4.47. The Morgan fingerprint density at radius 2 is 1.37 bits per heavy atom. The van der Waals surface area contributed by atoms with E-state index in [1.165, 1.54) is 31.2 Å². The van der Waals surface area contributed by atoms with E-state index in [0.29, 0.717) is 25.0 Å². The molecule has 1 unspecified atom stereocenters. The second-order valence-electron chi connectivity index (χ2n) is 10.5. The predicted octanol–water partition coefficient (Wildman–Crippen LogP) is 9.61. The summed E-state index contributed by atoms with van der Waals surface area (Å²) in [6.45, 7) is 3.66. The van der Waals surface area contributed by atoms with Crippen LogP contribution in [-0.4, -0.2) is 36.4 Å². The minimum atomic E-state index is -4.31. The van der Waals surface area contributed by atoms with Gasteiger partial charge >= 0.3 is 12.1 Å². The van der Waals surface area contributed by atoms with E-state index in [1.54, 1.807) is 12.1 Å². The lowest BCUT2D eigenvalue weighted by atomic mass is 10.0. The summed E-state index contributed by atoms with van der Waals surface area (Å²) in [4.78, 5) is 17.0. The number of carbonyl (C=O) groups excluding carboxylic acids is 1. The van der Waals surface area contributed by atoms with Crippen molar-refractivity contribution in [1.82, 2.24) is 4.98 Å². The topological polar surface area (TPSA) is 48.4 Å². The number of unbranched alkanes of at least 4 members (excludes halogenated alkanes) is 7. The van der Waals surface area contributed by atoms with Crippen LogP contribution in [-0.2, 0) is 15.9 Å². The van der Waals surface area contributed by atoms with E-state index < -0.39 is 12.3 Å². The number of hydrogen-bond donors (Lipinski definition) is 0. The van der Waals surface area contributed by atoms with Crippen molar-refractivity contribution in [3.8, 4) is 22.4 Å². The first-order valence-corrected chi connectivity index (χ1v) is 14.8. The number of aryl methyl sites for hydroxylation is 1. The van der Waals surface area contributed by atoms with Crippen LogP contribution in [0, 0.1) is 0 Å². The van der Waals surface area contributed by atoms with Crippen LogP contribution >= 0.6 is 0 Å². The molecule has 0 aliphatic rings. The third-order valence-electron chi connectivity index (χ3n) is 7.14. The van der Waals surface area contributed by atoms with Gasteiger partial charge in [-0.05, 0) is 61.9 Å². The molecular formula is C34H42F3NO3. The molecule has 4 nitrogen and oxygen atoms in total. The SMILES string of the molecule is CCCCCCc1ccc(-c2ccc(-c3ccc(C(=O)OCCCCCCCOC(C)C(F)(F)F)cc3)cn2)cc1. The van der Waals surface area contributed by atoms with Crippen LogP contribution in [0.1, 0.15) is 87.6 Å². The van der Waals surface area contributed by atoms with Gasteiger partial charge in [0.1, 0.15) is 0 Å². The van der Waals surface area contributed by atoms with Crippen molar-refractivity contribution in [2.75, 3.05) is 13.2 Å². The predicted molar refractivity (Wildman–Crippen MR) is 158 cm³/mol. The van der Waals surface area contributed by atoms with E-state index in [9.17, 15) is 18.0 Å². The zero-order valence-corrected chi connectivity index (χ0v) is 24.2. The molecule has 1 atom stereocenters. The summed E-state index contributed by atoms with van der Waals surface area (Å²) in [7, 11) is 0. The molecule has 2 aromatic carbocycles. The smallest absolute Gasteiger partial charge is 0.414 e. The molecule has 0 saturated carbocycles. The molecule has 1 heterocycles. The van der Waals surface area contributed by atoms with Crippen molar-refractivity contribution < 1.29 is 27.4 Å². The third-order valence-corrected chi connectivity index (χ3v) is 7.14. The molecule has 222 valence electrons. The maximum atomic E-state index is 12.4. The van der Waals surface area contributed by atoms with Gasteiger partial charge in [0.25, 0.3) is 0 Å². The van der Waals surface area contributed by atoms with Gasteiger partial charge < -0.3 is 9.47 Å². The molecule has 1 aromatic heterocycles. The van der Waals surface area contributed by atoms with Crippen LogP contribution < -0.4 is 0 Å². The molecule has 0 fully saturated rings. The highest BCUT2D eigenvalue weighted by Gasteiger charge is 2.36. The van der Waals surface area contributed by atoms with Crippen LogP contribution in [0.2, 0.25) is 0 Å². The molecule has 3 aromatic rings. The molecule has 0 N–H and O–H groups in total. The number of rotatable bonds is 17. The summed E-state index contributed by atoms with van der Waals surface area (Å²) in [5.41, 5.74) is 5.81. The van der Waals surface area contributed by atoms with Crippen molar-refractivity contribution in [3.63, 3.8) is 0 Å². The van der Waals surface area contributed by atoms with E-state index in [-0.39, 0.29) is 12.6 Å². The Hall–Kier alpha value is -3.19. The molecule has 41 heavy (non-hydrogen) atoms. The van der Waals surface area contributed by atoms with Gasteiger partial charge in [-0.15, -0.1) is 0 Å². The monoisotopic (exact) mass is 569 g/mol. The highest BCUT2D eigenvalue weighted by Crippen LogP contribution is 2.24. The van der Waals surface area contributed by atoms with Crippen molar-refractivity contribution in [2.24, 2.45) is 0 Å². The fourth-order valence-corrected chi connectivity index (χ4v) is 4.47. The Kier molecular flexibility index (Phi) is 13.3. The van der Waals surface area contributed by atoms with Gasteiger partial charge in [-0.2, -0.15) is 13.2 Å². The van der Waals surface area contributed by atoms with Crippen LogP contribution in [0.25, 0.3) is 22.4 Å². The molecule has 0 saturated heterocycles. The number of hydrogen-bond acceptors (Lipinski definition) is 4. The van der Waals surface area contributed by atoms with E-state index in [2.05, 4.69) is 36.2 Å². The Morgan fingerprint density at radius 1 is 0.756 bits per heavy atom. The van der Waals surface area contributed by atoms with Gasteiger partial charge in [0.15, 0.2) is 6.10 Å². The first-order chi connectivity index (χ1) is 19.8. The fraction of sp³-hybridized carbons (Fsp3) is 0.471. The molecule has 0 radical (unpaired) electrons. The lowest BCUT2D eigenvalue weighted by Gasteiger charge is -2.16. The number of pyridine rings is 1. The zero-order valence-electron chi connectivity index (χ0n) is 24.2. The number of esters is 1. The van der Waals surface area contributed by atoms with Crippen LogP contribution in [0.15, 0.2) is 66.9 Å². The first kappa shape index (κ1) is 32.3. The highest BCUT2D eigenvalue weighted by molar-refractivity contribution is 5.90. The summed E-state index contributed by atoms with van der Waals surface area (Å²) in [6.07, 6.45) is 5.75. The average molecular weight is 570 g/mol. The van der Waals surface area contributed by atoms with Gasteiger partial charge in [-0.25, -0.2) is 4.79 Å². The summed E-state index contributed by atoms with van der Waals surface area (Å²) in [5.74, 6) is -0.367. The number of halogens is 3.